The first-order chi connectivity index (χ1) is 17.7. The van der Waals surface area contributed by atoms with Crippen LogP contribution in [0.1, 0.15) is 5.56 Å². The normalized spacial score (nSPS) is 15.0. The number of fused-ring (bicyclic) bond motifs is 3. The lowest BCUT2D eigenvalue weighted by molar-refractivity contribution is -0.123. The summed E-state index contributed by atoms with van der Waals surface area (Å²) in [6, 6.07) is 21.9. The molecule has 1 aliphatic rings. The average molecular weight is 493 g/mol. The van der Waals surface area contributed by atoms with E-state index in [4.69, 9.17) is 23.7 Å². The smallest absolute Gasteiger partial charge is 0.258 e. The maximum Gasteiger partial charge on any atom is 0.258 e. The van der Waals surface area contributed by atoms with Crippen LogP contribution in [0.5, 0.6) is 28.7 Å². The second-order valence-corrected chi connectivity index (χ2v) is 7.78. The fraction of sp³-hybridized carbons (Fsp3) is 0.259. The molecule has 0 aromatic heterocycles. The zero-order chi connectivity index (χ0) is 25.0. The molecule has 36 heavy (non-hydrogen) atoms. The minimum absolute atomic E-state index is 0.231. The van der Waals surface area contributed by atoms with Gasteiger partial charge in [0.1, 0.15) is 19.8 Å². The number of nitrogens with one attached hydrogen (secondary N) is 2. The van der Waals surface area contributed by atoms with Crippen LogP contribution in [0.2, 0.25) is 0 Å². The number of hydrogen-bond acceptors (Lipinski definition) is 7. The Bertz CT molecular complexity index is 1090. The third-order valence-corrected chi connectivity index (χ3v) is 5.10. The minimum Gasteiger partial charge on any atom is -0.488 e. The number of carbonyl (C=O) groups is 2. The summed E-state index contributed by atoms with van der Waals surface area (Å²) >= 11 is 0. The molecule has 1 aliphatic heterocycles. The number of benzene rings is 3. The number of amides is 2. The summed E-state index contributed by atoms with van der Waals surface area (Å²) in [4.78, 5) is 24.7. The van der Waals surface area contributed by atoms with Gasteiger partial charge in [-0.25, -0.2) is 0 Å². The van der Waals surface area contributed by atoms with Gasteiger partial charge in [0, 0.05) is 0 Å². The van der Waals surface area contributed by atoms with Crippen LogP contribution in [0.15, 0.2) is 72.8 Å². The predicted octanol–water partition coefficient (Wildman–Crippen LogP) is 2.73. The first kappa shape index (κ1) is 24.7. The molecule has 2 bridgehead atoms. The van der Waals surface area contributed by atoms with E-state index in [1.165, 1.54) is 0 Å². The third kappa shape index (κ3) is 7.30. The molecule has 1 heterocycles. The Labute approximate surface area is 209 Å². The summed E-state index contributed by atoms with van der Waals surface area (Å²) in [5.41, 5.74) is 0.945. The number of carbonyl (C=O) groups excluding carboxylic acids is 2. The molecule has 0 saturated carbocycles. The highest BCUT2D eigenvalue weighted by atomic mass is 16.5. The van der Waals surface area contributed by atoms with Crippen LogP contribution in [0.25, 0.3) is 0 Å². The van der Waals surface area contributed by atoms with Crippen LogP contribution in [-0.2, 0) is 16.2 Å². The Morgan fingerprint density at radius 2 is 1.11 bits per heavy atom. The lowest BCUT2D eigenvalue weighted by Crippen LogP contribution is -2.32. The molecule has 0 spiro atoms. The molecule has 0 saturated heterocycles. The van der Waals surface area contributed by atoms with Crippen molar-refractivity contribution in [2.24, 2.45) is 0 Å². The van der Waals surface area contributed by atoms with Crippen molar-refractivity contribution in [3.05, 3.63) is 78.4 Å². The van der Waals surface area contributed by atoms with Crippen molar-refractivity contribution < 1.29 is 33.3 Å². The van der Waals surface area contributed by atoms with Gasteiger partial charge in [0.05, 0.1) is 13.1 Å². The Morgan fingerprint density at radius 1 is 0.611 bits per heavy atom. The Morgan fingerprint density at radius 3 is 1.67 bits per heavy atom. The minimum atomic E-state index is -0.319. The highest BCUT2D eigenvalue weighted by Crippen LogP contribution is 2.38. The maximum atomic E-state index is 12.4. The molecule has 3 aromatic carbocycles. The fourth-order valence-electron chi connectivity index (χ4n) is 3.38. The molecular formula is C27H28N2O7. The molecule has 2 N–H and O–H groups in total. The van der Waals surface area contributed by atoms with Crippen LogP contribution in [0, 0.1) is 0 Å². The molecule has 3 aromatic rings. The molecule has 0 unspecified atom stereocenters. The summed E-state index contributed by atoms with van der Waals surface area (Å²) in [5.74, 6) is 1.42. The van der Waals surface area contributed by atoms with Crippen LogP contribution >= 0.6 is 0 Å². The number of rotatable bonds is 3. The Kier molecular flexibility index (Phi) is 8.85. The van der Waals surface area contributed by atoms with Crippen molar-refractivity contribution in [3.8, 4) is 28.7 Å². The van der Waals surface area contributed by atoms with Crippen LogP contribution in [0.3, 0.4) is 0 Å². The summed E-state index contributed by atoms with van der Waals surface area (Å²) in [7, 11) is 0. The first-order valence-corrected chi connectivity index (χ1v) is 11.6. The van der Waals surface area contributed by atoms with Gasteiger partial charge in [-0.1, -0.05) is 48.5 Å². The summed E-state index contributed by atoms with van der Waals surface area (Å²) < 4.78 is 29.0. The molecule has 188 valence electrons. The van der Waals surface area contributed by atoms with Crippen molar-refractivity contribution in [2.45, 2.75) is 6.61 Å². The molecule has 0 atom stereocenters. The topological polar surface area (TPSA) is 104 Å². The van der Waals surface area contributed by atoms with E-state index >= 15 is 0 Å². The van der Waals surface area contributed by atoms with Gasteiger partial charge in [0.25, 0.3) is 11.8 Å². The summed E-state index contributed by atoms with van der Waals surface area (Å²) in [6.45, 7) is 0.858. The van der Waals surface area contributed by atoms with Crippen LogP contribution < -0.4 is 34.3 Å². The van der Waals surface area contributed by atoms with Crippen molar-refractivity contribution in [1.29, 1.82) is 0 Å². The van der Waals surface area contributed by atoms with E-state index in [0.717, 1.165) is 5.56 Å². The molecular weight excluding hydrogens is 464 g/mol. The van der Waals surface area contributed by atoms with Crippen molar-refractivity contribution in [1.82, 2.24) is 10.6 Å². The number of ether oxygens (including phenoxy) is 5. The number of hydrogen-bond donors (Lipinski definition) is 2. The van der Waals surface area contributed by atoms with Crippen LogP contribution in [0.4, 0.5) is 0 Å². The fourth-order valence-corrected chi connectivity index (χ4v) is 3.38. The SMILES string of the molecule is O=C1COc2cccc(c2OCc2ccccc2)OCC(=O)NCCOc2ccccc2OCCN1. The molecule has 9 heteroatoms. The molecule has 0 radical (unpaired) electrons. The van der Waals surface area contributed by atoms with Gasteiger partial charge in [-0.3, -0.25) is 9.59 Å². The second kappa shape index (κ2) is 12.9. The largest absolute Gasteiger partial charge is 0.488 e. The van der Waals surface area contributed by atoms with Crippen molar-refractivity contribution >= 4 is 11.8 Å². The van der Waals surface area contributed by atoms with Crippen LogP contribution in [-0.4, -0.2) is 51.3 Å². The molecule has 2 amide bonds. The van der Waals surface area contributed by atoms with Gasteiger partial charge >= 0.3 is 0 Å². The molecule has 4 rings (SSSR count). The molecule has 9 nitrogen and oxygen atoms in total. The monoisotopic (exact) mass is 492 g/mol. The van der Waals surface area contributed by atoms with Gasteiger partial charge in [-0.15, -0.1) is 0 Å². The maximum absolute atomic E-state index is 12.4. The van der Waals surface area contributed by atoms with Gasteiger partial charge in [-0.2, -0.15) is 0 Å². The summed E-state index contributed by atoms with van der Waals surface area (Å²) in [6.07, 6.45) is 0. The standard InChI is InChI=1S/C27H28N2O7/c30-25-18-34-23-11-6-12-24(27(23)36-17-20-7-2-1-3-8-20)35-19-26(31)29-14-16-33-22-10-5-4-9-21(22)32-15-13-28-25/h1-12H,13-19H2,(H,28,30)(H,29,31). The average Bonchev–Trinajstić information content (AvgIpc) is 2.91. The van der Waals surface area contributed by atoms with E-state index < -0.39 is 0 Å². The van der Waals surface area contributed by atoms with E-state index in [1.807, 2.05) is 42.5 Å². The quantitative estimate of drug-likeness (QED) is 0.579. The zero-order valence-corrected chi connectivity index (χ0v) is 19.7. The molecule has 0 fully saturated rings. The van der Waals surface area contributed by atoms with E-state index in [9.17, 15) is 9.59 Å². The van der Waals surface area contributed by atoms with Gasteiger partial charge in [0.2, 0.25) is 5.75 Å². The number of para-hydroxylation sites is 3. The van der Waals surface area contributed by atoms with E-state index in [2.05, 4.69) is 10.6 Å². The first-order valence-electron chi connectivity index (χ1n) is 11.6. The highest BCUT2D eigenvalue weighted by molar-refractivity contribution is 5.78. The van der Waals surface area contributed by atoms with Gasteiger partial charge in [-0.05, 0) is 29.8 Å². The van der Waals surface area contributed by atoms with E-state index in [-0.39, 0.29) is 57.9 Å². The lowest BCUT2D eigenvalue weighted by Gasteiger charge is -2.17. The van der Waals surface area contributed by atoms with E-state index in [0.29, 0.717) is 28.7 Å². The summed E-state index contributed by atoms with van der Waals surface area (Å²) in [5, 5.41) is 5.52. The predicted molar refractivity (Wildman–Crippen MR) is 132 cm³/mol. The third-order valence-electron chi connectivity index (χ3n) is 5.10. The van der Waals surface area contributed by atoms with Gasteiger partial charge < -0.3 is 34.3 Å². The second-order valence-electron chi connectivity index (χ2n) is 7.78. The van der Waals surface area contributed by atoms with Crippen molar-refractivity contribution in [2.75, 3.05) is 39.5 Å². The Hall–Kier alpha value is -4.40. The Balaban J connectivity index is 1.48. The van der Waals surface area contributed by atoms with Crippen molar-refractivity contribution in [3.63, 3.8) is 0 Å². The lowest BCUT2D eigenvalue weighted by atomic mass is 10.2. The highest BCUT2D eigenvalue weighted by Gasteiger charge is 2.16. The molecule has 0 aliphatic carbocycles. The van der Waals surface area contributed by atoms with Gasteiger partial charge in [0.15, 0.2) is 36.2 Å². The van der Waals surface area contributed by atoms with E-state index in [1.54, 1.807) is 30.3 Å². The zero-order valence-electron chi connectivity index (χ0n) is 19.7.